The van der Waals surface area contributed by atoms with Crippen molar-refractivity contribution in [3.8, 4) is 6.07 Å². The first-order valence-corrected chi connectivity index (χ1v) is 7.48. The van der Waals surface area contributed by atoms with Gasteiger partial charge in [0.05, 0.1) is 12.1 Å². The van der Waals surface area contributed by atoms with E-state index in [0.717, 1.165) is 6.26 Å². The van der Waals surface area contributed by atoms with E-state index in [2.05, 4.69) is 6.07 Å². The molecule has 0 aromatic rings. The Bertz CT molecular complexity index is 419. The van der Waals surface area contributed by atoms with Crippen LogP contribution in [0.25, 0.3) is 0 Å². The van der Waals surface area contributed by atoms with Gasteiger partial charge in [-0.2, -0.15) is 5.26 Å². The average molecular weight is 259 g/mol. The van der Waals surface area contributed by atoms with E-state index < -0.39 is 15.6 Å². The summed E-state index contributed by atoms with van der Waals surface area (Å²) < 4.78 is 22.0. The minimum absolute atomic E-state index is 0.165. The number of carbonyl (C=O) groups excluding carboxylic acids is 1. The molecule has 1 rings (SSSR count). The lowest BCUT2D eigenvalue weighted by Gasteiger charge is -2.35. The Labute approximate surface area is 102 Å². The van der Waals surface area contributed by atoms with Crippen molar-refractivity contribution >= 4 is 15.7 Å². The van der Waals surface area contributed by atoms with E-state index in [1.54, 1.807) is 4.90 Å². The van der Waals surface area contributed by atoms with Crippen LogP contribution in [-0.4, -0.2) is 68.4 Å². The molecule has 1 unspecified atom stereocenters. The Morgan fingerprint density at radius 1 is 1.35 bits per heavy atom. The zero-order chi connectivity index (χ0) is 13.1. The predicted molar refractivity (Wildman–Crippen MR) is 62.9 cm³/mol. The van der Waals surface area contributed by atoms with Crippen molar-refractivity contribution in [3.05, 3.63) is 0 Å². The third-order valence-electron chi connectivity index (χ3n) is 2.79. The minimum Gasteiger partial charge on any atom is -0.339 e. The molecule has 1 amide bonds. The second kappa shape index (κ2) is 5.47. The maximum absolute atomic E-state index is 11.6. The van der Waals surface area contributed by atoms with Crippen LogP contribution in [0, 0.1) is 11.3 Å². The standard InChI is InChI=1S/C10H17N3O3S/c1-9(7-11)12-3-5-13(6-4-12)10(14)8-17(2,15)16/h9H,3-6,8H2,1-2H3. The zero-order valence-corrected chi connectivity index (χ0v) is 10.9. The molecular weight excluding hydrogens is 242 g/mol. The van der Waals surface area contributed by atoms with Crippen molar-refractivity contribution < 1.29 is 13.2 Å². The summed E-state index contributed by atoms with van der Waals surface area (Å²) >= 11 is 0. The molecule has 0 aromatic carbocycles. The van der Waals surface area contributed by atoms with Gasteiger partial charge >= 0.3 is 0 Å². The Balaban J connectivity index is 2.48. The maximum atomic E-state index is 11.6. The summed E-state index contributed by atoms with van der Waals surface area (Å²) in [5.41, 5.74) is 0. The Hall–Kier alpha value is -1.13. The monoisotopic (exact) mass is 259 g/mol. The molecule has 96 valence electrons. The van der Waals surface area contributed by atoms with Gasteiger partial charge in [-0.1, -0.05) is 0 Å². The van der Waals surface area contributed by atoms with Crippen LogP contribution in [0.4, 0.5) is 0 Å². The third-order valence-corrected chi connectivity index (χ3v) is 3.56. The molecule has 0 spiro atoms. The number of carbonyl (C=O) groups is 1. The summed E-state index contributed by atoms with van der Waals surface area (Å²) in [5, 5.41) is 8.76. The maximum Gasteiger partial charge on any atom is 0.237 e. The van der Waals surface area contributed by atoms with Gasteiger partial charge < -0.3 is 4.90 Å². The smallest absolute Gasteiger partial charge is 0.237 e. The quantitative estimate of drug-likeness (QED) is 0.655. The molecule has 1 aliphatic rings. The van der Waals surface area contributed by atoms with Gasteiger partial charge in [0.15, 0.2) is 9.84 Å². The van der Waals surface area contributed by atoms with Crippen molar-refractivity contribution in [2.75, 3.05) is 38.2 Å². The van der Waals surface area contributed by atoms with E-state index in [9.17, 15) is 13.2 Å². The first-order valence-electron chi connectivity index (χ1n) is 5.42. The predicted octanol–water partition coefficient (Wildman–Crippen LogP) is -0.913. The fourth-order valence-electron chi connectivity index (χ4n) is 1.76. The minimum atomic E-state index is -3.26. The fraction of sp³-hybridized carbons (Fsp3) is 0.800. The normalized spacial score (nSPS) is 19.7. The lowest BCUT2D eigenvalue weighted by atomic mass is 10.2. The van der Waals surface area contributed by atoms with Gasteiger partial charge in [-0.05, 0) is 6.92 Å². The van der Waals surface area contributed by atoms with Crippen LogP contribution in [0.3, 0.4) is 0 Å². The van der Waals surface area contributed by atoms with Crippen molar-refractivity contribution in [2.24, 2.45) is 0 Å². The van der Waals surface area contributed by atoms with Gasteiger partial charge in [-0.25, -0.2) is 8.42 Å². The van der Waals surface area contributed by atoms with Crippen LogP contribution in [0.5, 0.6) is 0 Å². The molecular formula is C10H17N3O3S. The van der Waals surface area contributed by atoms with Crippen LogP contribution in [0.15, 0.2) is 0 Å². The molecule has 0 bridgehead atoms. The van der Waals surface area contributed by atoms with Crippen molar-refractivity contribution in [2.45, 2.75) is 13.0 Å². The summed E-state index contributed by atoms with van der Waals surface area (Å²) in [6.45, 7) is 4.02. The largest absolute Gasteiger partial charge is 0.339 e. The number of nitrogens with zero attached hydrogens (tertiary/aromatic N) is 3. The topological polar surface area (TPSA) is 81.5 Å². The SMILES string of the molecule is CC(C#N)N1CCN(C(=O)CS(C)(=O)=O)CC1. The van der Waals surface area contributed by atoms with Gasteiger partial charge in [-0.15, -0.1) is 0 Å². The summed E-state index contributed by atoms with van der Waals surface area (Å²) in [4.78, 5) is 15.1. The molecule has 0 N–H and O–H groups in total. The average Bonchev–Trinajstić information content (AvgIpc) is 2.26. The number of amides is 1. The number of hydrogen-bond acceptors (Lipinski definition) is 5. The zero-order valence-electron chi connectivity index (χ0n) is 10.1. The number of hydrogen-bond donors (Lipinski definition) is 0. The van der Waals surface area contributed by atoms with E-state index in [1.165, 1.54) is 0 Å². The lowest BCUT2D eigenvalue weighted by molar-refractivity contribution is -0.130. The molecule has 0 radical (unpaired) electrons. The lowest BCUT2D eigenvalue weighted by Crippen LogP contribution is -2.52. The first kappa shape index (κ1) is 13.9. The highest BCUT2D eigenvalue weighted by molar-refractivity contribution is 7.91. The second-order valence-electron chi connectivity index (χ2n) is 4.29. The summed E-state index contributed by atoms with van der Waals surface area (Å²) in [7, 11) is -3.26. The molecule has 17 heavy (non-hydrogen) atoms. The van der Waals surface area contributed by atoms with Crippen LogP contribution < -0.4 is 0 Å². The molecule has 1 heterocycles. The Kier molecular flexibility index (Phi) is 4.48. The van der Waals surface area contributed by atoms with Crippen molar-refractivity contribution in [1.29, 1.82) is 5.26 Å². The van der Waals surface area contributed by atoms with Crippen LogP contribution in [-0.2, 0) is 14.6 Å². The van der Waals surface area contributed by atoms with E-state index in [1.807, 2.05) is 11.8 Å². The number of piperazine rings is 1. The Morgan fingerprint density at radius 3 is 2.29 bits per heavy atom. The van der Waals surface area contributed by atoms with Gasteiger partial charge in [0.1, 0.15) is 5.75 Å². The highest BCUT2D eigenvalue weighted by Crippen LogP contribution is 2.06. The first-order chi connectivity index (χ1) is 7.83. The van der Waals surface area contributed by atoms with Crippen LogP contribution in [0.1, 0.15) is 6.92 Å². The molecule has 7 heteroatoms. The summed E-state index contributed by atoms with van der Waals surface area (Å²) in [6, 6.07) is 1.98. The van der Waals surface area contributed by atoms with E-state index >= 15 is 0 Å². The molecule has 0 saturated carbocycles. The second-order valence-corrected chi connectivity index (χ2v) is 6.43. The summed E-state index contributed by atoms with van der Waals surface area (Å²) in [6.07, 6.45) is 1.05. The highest BCUT2D eigenvalue weighted by atomic mass is 32.2. The van der Waals surface area contributed by atoms with Gasteiger partial charge in [0.2, 0.25) is 5.91 Å². The van der Waals surface area contributed by atoms with Gasteiger partial charge in [0, 0.05) is 32.4 Å². The van der Waals surface area contributed by atoms with Crippen molar-refractivity contribution in [3.63, 3.8) is 0 Å². The number of rotatable bonds is 3. The highest BCUT2D eigenvalue weighted by Gasteiger charge is 2.25. The molecule has 0 aromatic heterocycles. The molecule has 6 nitrogen and oxygen atoms in total. The van der Waals surface area contributed by atoms with E-state index in [-0.39, 0.29) is 11.9 Å². The molecule has 1 aliphatic heterocycles. The number of nitriles is 1. The third kappa shape index (κ3) is 4.32. The molecule has 1 fully saturated rings. The molecule has 0 aliphatic carbocycles. The van der Waals surface area contributed by atoms with Gasteiger partial charge in [0.25, 0.3) is 0 Å². The summed E-state index contributed by atoms with van der Waals surface area (Å²) in [5.74, 6) is -0.780. The molecule has 1 atom stereocenters. The van der Waals surface area contributed by atoms with E-state index in [0.29, 0.717) is 26.2 Å². The van der Waals surface area contributed by atoms with Crippen LogP contribution >= 0.6 is 0 Å². The molecule has 1 saturated heterocycles. The number of sulfone groups is 1. The van der Waals surface area contributed by atoms with Crippen molar-refractivity contribution in [1.82, 2.24) is 9.80 Å². The van der Waals surface area contributed by atoms with Gasteiger partial charge in [-0.3, -0.25) is 9.69 Å². The van der Waals surface area contributed by atoms with Crippen LogP contribution in [0.2, 0.25) is 0 Å². The van der Waals surface area contributed by atoms with E-state index in [4.69, 9.17) is 5.26 Å². The fourth-order valence-corrected chi connectivity index (χ4v) is 2.39. The Morgan fingerprint density at radius 2 is 1.88 bits per heavy atom.